The Morgan fingerprint density at radius 1 is 1.32 bits per heavy atom. The molecule has 0 saturated carbocycles. The first-order valence-corrected chi connectivity index (χ1v) is 9.51. The van der Waals surface area contributed by atoms with E-state index in [4.69, 9.17) is 0 Å². The molecular weight excluding hydrogens is 383 g/mol. The summed E-state index contributed by atoms with van der Waals surface area (Å²) in [6.45, 7) is 3.13. The lowest BCUT2D eigenvalue weighted by atomic mass is 9.93. The molecule has 0 bridgehead atoms. The Morgan fingerprint density at radius 3 is 2.89 bits per heavy atom. The predicted octanol–water partition coefficient (Wildman–Crippen LogP) is 2.87. The van der Waals surface area contributed by atoms with Gasteiger partial charge in [0, 0.05) is 24.7 Å². The highest BCUT2D eigenvalue weighted by molar-refractivity contribution is 7.17. The Kier molecular flexibility index (Phi) is 4.90. The van der Waals surface area contributed by atoms with Crippen LogP contribution in [0.3, 0.4) is 0 Å². The van der Waals surface area contributed by atoms with Crippen molar-refractivity contribution in [1.29, 1.82) is 5.26 Å². The van der Waals surface area contributed by atoms with Gasteiger partial charge in [0.2, 0.25) is 0 Å². The van der Waals surface area contributed by atoms with E-state index in [-0.39, 0.29) is 23.0 Å². The van der Waals surface area contributed by atoms with Gasteiger partial charge in [0.25, 0.3) is 12.2 Å². The number of nitriles is 1. The Morgan fingerprint density at radius 2 is 2.14 bits per heavy atom. The molecule has 4 heterocycles. The fraction of sp³-hybridized carbons (Fsp3) is 0.389. The van der Waals surface area contributed by atoms with Crippen molar-refractivity contribution >= 4 is 20.8 Å². The Balaban J connectivity index is 1.76. The Hall–Kier alpha value is -2.72. The average Bonchev–Trinajstić information content (AvgIpc) is 3.16. The van der Waals surface area contributed by atoms with Crippen molar-refractivity contribution in [2.24, 2.45) is 0 Å². The molecule has 10 heteroatoms. The highest BCUT2D eigenvalue weighted by Crippen LogP contribution is 2.36. The van der Waals surface area contributed by atoms with Crippen LogP contribution in [-0.4, -0.2) is 43.3 Å². The molecule has 7 nitrogen and oxygen atoms in total. The van der Waals surface area contributed by atoms with E-state index in [1.165, 1.54) is 16.9 Å². The minimum Gasteiger partial charge on any atom is -0.355 e. The number of nitrogens with zero attached hydrogens (tertiary/aromatic N) is 7. The van der Waals surface area contributed by atoms with Gasteiger partial charge >= 0.3 is 0 Å². The predicted molar refractivity (Wildman–Crippen MR) is 102 cm³/mol. The maximum absolute atomic E-state index is 13.3. The molecule has 0 N–H and O–H groups in total. The van der Waals surface area contributed by atoms with E-state index in [2.05, 4.69) is 35.4 Å². The second kappa shape index (κ2) is 7.36. The van der Waals surface area contributed by atoms with Gasteiger partial charge in [-0.15, -0.1) is 9.24 Å². The summed E-state index contributed by atoms with van der Waals surface area (Å²) < 4.78 is 28.2. The van der Waals surface area contributed by atoms with E-state index >= 15 is 0 Å². The molecule has 0 radical (unpaired) electrons. The van der Waals surface area contributed by atoms with Crippen LogP contribution in [0.1, 0.15) is 41.4 Å². The Labute approximate surface area is 162 Å². The number of piperidine rings is 1. The summed E-state index contributed by atoms with van der Waals surface area (Å²) in [7, 11) is 2.81. The number of anilines is 1. The molecule has 0 aliphatic carbocycles. The molecule has 1 aliphatic heterocycles. The monoisotopic (exact) mass is 401 g/mol. The van der Waals surface area contributed by atoms with Crippen molar-refractivity contribution in [2.45, 2.75) is 31.3 Å². The van der Waals surface area contributed by atoms with Gasteiger partial charge in [0.05, 0.1) is 11.3 Å². The number of rotatable bonds is 3. The van der Waals surface area contributed by atoms with Gasteiger partial charge < -0.3 is 4.90 Å². The van der Waals surface area contributed by atoms with E-state index in [9.17, 15) is 14.0 Å². The standard InChI is InChI=1S/C18H18F2N7P/c1-10-2-3-11(7-21)17(24-10)26-5-4-15(28)12(8-26)14-6-13(16(19)20)25-18-22-9-23-27(14)18/h2-3,6,9,12,15-16H,4-5,8,28H2,1H3/t12-,15+/m0/s1. The molecule has 0 aromatic carbocycles. The second-order valence-electron chi connectivity index (χ2n) is 6.82. The zero-order valence-corrected chi connectivity index (χ0v) is 16.3. The minimum atomic E-state index is -2.69. The van der Waals surface area contributed by atoms with Crippen molar-refractivity contribution in [3.63, 3.8) is 0 Å². The Bertz CT molecular complexity index is 1060. The number of pyridine rings is 1. The third kappa shape index (κ3) is 3.29. The number of hydrogen-bond acceptors (Lipinski definition) is 6. The van der Waals surface area contributed by atoms with Gasteiger partial charge in [-0.3, -0.25) is 0 Å². The summed E-state index contributed by atoms with van der Waals surface area (Å²) in [4.78, 5) is 14.5. The fourth-order valence-electron chi connectivity index (χ4n) is 3.58. The first-order valence-electron chi connectivity index (χ1n) is 8.85. The van der Waals surface area contributed by atoms with E-state index in [0.717, 1.165) is 18.7 Å². The van der Waals surface area contributed by atoms with Crippen LogP contribution >= 0.6 is 9.24 Å². The average molecular weight is 401 g/mol. The maximum atomic E-state index is 13.3. The number of halogens is 2. The first-order chi connectivity index (χ1) is 13.5. The molecule has 1 saturated heterocycles. The lowest BCUT2D eigenvalue weighted by Crippen LogP contribution is -2.41. The van der Waals surface area contributed by atoms with Crippen LogP contribution in [0.5, 0.6) is 0 Å². The zero-order valence-electron chi connectivity index (χ0n) is 15.1. The van der Waals surface area contributed by atoms with Gasteiger partial charge in [-0.2, -0.15) is 15.3 Å². The first kappa shape index (κ1) is 18.6. The summed E-state index contributed by atoms with van der Waals surface area (Å²) in [5.41, 5.74) is 1.80. The fourth-order valence-corrected chi connectivity index (χ4v) is 4.04. The van der Waals surface area contributed by atoms with Crippen LogP contribution in [-0.2, 0) is 0 Å². The SMILES string of the molecule is Cc1ccc(C#N)c(N2CC[C@@H](P)[C@H](c3cc(C(F)F)nc4ncnn34)C2)n1. The normalized spacial score (nSPS) is 19.9. The number of aryl methyl sites for hydroxylation is 1. The lowest BCUT2D eigenvalue weighted by Gasteiger charge is -2.38. The molecule has 3 aromatic heterocycles. The molecule has 3 aromatic rings. The molecule has 0 spiro atoms. The second-order valence-corrected chi connectivity index (χ2v) is 7.68. The third-order valence-corrected chi connectivity index (χ3v) is 5.80. The zero-order chi connectivity index (χ0) is 19.8. The van der Waals surface area contributed by atoms with Crippen LogP contribution in [0.4, 0.5) is 14.6 Å². The van der Waals surface area contributed by atoms with Gasteiger partial charge in [0.1, 0.15) is 23.9 Å². The van der Waals surface area contributed by atoms with Crippen LogP contribution in [0.15, 0.2) is 24.5 Å². The quantitative estimate of drug-likeness (QED) is 0.628. The smallest absolute Gasteiger partial charge is 0.280 e. The molecule has 1 fully saturated rings. The summed E-state index contributed by atoms with van der Waals surface area (Å²) in [6.07, 6.45) is -0.569. The highest BCUT2D eigenvalue weighted by Gasteiger charge is 2.32. The van der Waals surface area contributed by atoms with Gasteiger partial charge in [-0.25, -0.2) is 23.3 Å². The number of fused-ring (bicyclic) bond motifs is 1. The van der Waals surface area contributed by atoms with Crippen molar-refractivity contribution < 1.29 is 8.78 Å². The number of hydrogen-bond donors (Lipinski definition) is 0. The van der Waals surface area contributed by atoms with Crippen LogP contribution in [0.25, 0.3) is 5.78 Å². The molecule has 4 rings (SSSR count). The van der Waals surface area contributed by atoms with Crippen LogP contribution in [0, 0.1) is 18.3 Å². The van der Waals surface area contributed by atoms with E-state index in [1.807, 2.05) is 11.8 Å². The van der Waals surface area contributed by atoms with Gasteiger partial charge in [-0.1, -0.05) is 0 Å². The third-order valence-electron chi connectivity index (χ3n) is 5.00. The largest absolute Gasteiger partial charge is 0.355 e. The molecule has 0 amide bonds. The molecule has 1 aliphatic rings. The lowest BCUT2D eigenvalue weighted by molar-refractivity contribution is 0.146. The van der Waals surface area contributed by atoms with Gasteiger partial charge in [-0.05, 0) is 37.2 Å². The molecule has 28 heavy (non-hydrogen) atoms. The molecule has 1 unspecified atom stereocenters. The van der Waals surface area contributed by atoms with E-state index in [0.29, 0.717) is 23.6 Å². The molecular formula is C18H18F2N7P. The summed E-state index contributed by atoms with van der Waals surface area (Å²) in [6, 6.07) is 7.16. The summed E-state index contributed by atoms with van der Waals surface area (Å²) in [5, 5.41) is 13.6. The summed E-state index contributed by atoms with van der Waals surface area (Å²) >= 11 is 0. The van der Waals surface area contributed by atoms with Crippen molar-refractivity contribution in [3.05, 3.63) is 47.2 Å². The number of aromatic nitrogens is 5. The van der Waals surface area contributed by atoms with Crippen molar-refractivity contribution in [3.8, 4) is 6.07 Å². The van der Waals surface area contributed by atoms with E-state index in [1.54, 1.807) is 12.1 Å². The number of alkyl halides is 2. The van der Waals surface area contributed by atoms with Crippen molar-refractivity contribution in [2.75, 3.05) is 18.0 Å². The van der Waals surface area contributed by atoms with E-state index < -0.39 is 6.43 Å². The topological polar surface area (TPSA) is 83.0 Å². The summed E-state index contributed by atoms with van der Waals surface area (Å²) in [5.74, 6) is 0.674. The maximum Gasteiger partial charge on any atom is 0.280 e. The highest BCUT2D eigenvalue weighted by atomic mass is 31.0. The van der Waals surface area contributed by atoms with Crippen molar-refractivity contribution in [1.82, 2.24) is 24.6 Å². The minimum absolute atomic E-state index is 0.114. The molecule has 3 atom stereocenters. The van der Waals surface area contributed by atoms with Crippen LogP contribution < -0.4 is 4.90 Å². The van der Waals surface area contributed by atoms with Gasteiger partial charge in [0.15, 0.2) is 0 Å². The van der Waals surface area contributed by atoms with Crippen LogP contribution in [0.2, 0.25) is 0 Å². The molecule has 144 valence electrons.